The van der Waals surface area contributed by atoms with E-state index in [2.05, 4.69) is 15.4 Å². The van der Waals surface area contributed by atoms with Crippen molar-refractivity contribution < 1.29 is 4.79 Å². The van der Waals surface area contributed by atoms with Gasteiger partial charge in [0.15, 0.2) is 0 Å². The van der Waals surface area contributed by atoms with Crippen molar-refractivity contribution in [1.29, 1.82) is 5.26 Å². The first-order chi connectivity index (χ1) is 7.61. The summed E-state index contributed by atoms with van der Waals surface area (Å²) in [4.78, 5) is 15.5. The Morgan fingerprint density at radius 1 is 1.75 bits per heavy atom. The lowest BCUT2D eigenvalue weighted by Crippen LogP contribution is -2.42. The van der Waals surface area contributed by atoms with E-state index in [1.165, 1.54) is 10.9 Å². The number of anilines is 1. The van der Waals surface area contributed by atoms with Gasteiger partial charge in [0.25, 0.3) is 0 Å². The van der Waals surface area contributed by atoms with Gasteiger partial charge in [0.05, 0.1) is 12.2 Å². The predicted octanol–water partition coefficient (Wildman–Crippen LogP) is -0.551. The Hall–Kier alpha value is -2.36. The van der Waals surface area contributed by atoms with Crippen molar-refractivity contribution in [2.45, 2.75) is 19.4 Å². The van der Waals surface area contributed by atoms with Gasteiger partial charge in [-0.05, 0) is 6.92 Å². The smallest absolute Gasteiger partial charge is 0.228 e. The van der Waals surface area contributed by atoms with Crippen LogP contribution in [0.4, 0.5) is 5.82 Å². The number of nitrogen functional groups attached to an aromatic ring is 1. The molecular formula is C9H10N6O. The van der Waals surface area contributed by atoms with Crippen LogP contribution < -0.4 is 11.1 Å². The zero-order valence-electron chi connectivity index (χ0n) is 8.64. The Balaban J connectivity index is 2.41. The number of aromatic nitrogens is 2. The number of aliphatic imine (C=N–C) groups is 1. The molecule has 0 aliphatic carbocycles. The molecule has 0 spiro atoms. The van der Waals surface area contributed by atoms with E-state index in [1.54, 1.807) is 0 Å². The van der Waals surface area contributed by atoms with Gasteiger partial charge < -0.3 is 5.73 Å². The standard InChI is InChI=1S/C9H10N6O/c1-5-2-7(16)14-9(13-5)15-8(11)6(3-10)4-12-15/h4-5H,2,11H2,1H3,(H,13,14,16). The summed E-state index contributed by atoms with van der Waals surface area (Å²) >= 11 is 0. The van der Waals surface area contributed by atoms with Gasteiger partial charge in [0, 0.05) is 6.42 Å². The molecule has 1 aliphatic rings. The van der Waals surface area contributed by atoms with E-state index in [0.717, 1.165) is 0 Å². The van der Waals surface area contributed by atoms with Crippen LogP contribution in [0.1, 0.15) is 18.9 Å². The molecule has 1 aromatic heterocycles. The molecule has 0 saturated heterocycles. The second-order valence-corrected chi connectivity index (χ2v) is 3.52. The van der Waals surface area contributed by atoms with Crippen LogP contribution in [-0.4, -0.2) is 27.7 Å². The normalized spacial score (nSPS) is 19.9. The molecule has 1 atom stereocenters. The summed E-state index contributed by atoms with van der Waals surface area (Å²) in [6, 6.07) is 1.79. The maximum absolute atomic E-state index is 11.3. The number of carbonyl (C=O) groups excluding carboxylic acids is 1. The molecule has 82 valence electrons. The minimum Gasteiger partial charge on any atom is -0.382 e. The molecular weight excluding hydrogens is 208 g/mol. The third kappa shape index (κ3) is 1.61. The summed E-state index contributed by atoms with van der Waals surface area (Å²) < 4.78 is 1.26. The predicted molar refractivity (Wildman–Crippen MR) is 56.4 cm³/mol. The highest BCUT2D eigenvalue weighted by molar-refractivity contribution is 6.01. The number of nitrogens with two attached hydrogens (primary N) is 1. The molecule has 7 heteroatoms. The highest BCUT2D eigenvalue weighted by atomic mass is 16.2. The van der Waals surface area contributed by atoms with Crippen molar-refractivity contribution in [2.24, 2.45) is 4.99 Å². The molecule has 2 heterocycles. The van der Waals surface area contributed by atoms with Crippen molar-refractivity contribution in [1.82, 2.24) is 15.1 Å². The lowest BCUT2D eigenvalue weighted by Gasteiger charge is -2.18. The van der Waals surface area contributed by atoms with Crippen LogP contribution >= 0.6 is 0 Å². The first-order valence-corrected chi connectivity index (χ1v) is 4.73. The fourth-order valence-electron chi connectivity index (χ4n) is 1.45. The van der Waals surface area contributed by atoms with Gasteiger partial charge in [0.2, 0.25) is 11.9 Å². The van der Waals surface area contributed by atoms with Crippen molar-refractivity contribution in [3.63, 3.8) is 0 Å². The van der Waals surface area contributed by atoms with Gasteiger partial charge in [-0.2, -0.15) is 15.0 Å². The van der Waals surface area contributed by atoms with Gasteiger partial charge >= 0.3 is 0 Å². The molecule has 2 rings (SSSR count). The number of carbonyl (C=O) groups is 1. The number of nitriles is 1. The molecule has 0 aromatic carbocycles. The quantitative estimate of drug-likeness (QED) is 0.608. The molecule has 0 saturated carbocycles. The summed E-state index contributed by atoms with van der Waals surface area (Å²) in [5, 5.41) is 15.2. The van der Waals surface area contributed by atoms with Crippen molar-refractivity contribution in [3.8, 4) is 6.07 Å². The van der Waals surface area contributed by atoms with E-state index in [0.29, 0.717) is 6.42 Å². The molecule has 16 heavy (non-hydrogen) atoms. The summed E-state index contributed by atoms with van der Waals surface area (Å²) in [5.74, 6) is 0.310. The molecule has 0 radical (unpaired) electrons. The first kappa shape index (κ1) is 10.2. The number of nitrogens with one attached hydrogen (secondary N) is 1. The minimum absolute atomic E-state index is 0.113. The van der Waals surface area contributed by atoms with Gasteiger partial charge in [0.1, 0.15) is 17.5 Å². The molecule has 1 aliphatic heterocycles. The van der Waals surface area contributed by atoms with E-state index < -0.39 is 0 Å². The Morgan fingerprint density at radius 2 is 2.50 bits per heavy atom. The van der Waals surface area contributed by atoms with Crippen LogP contribution in [-0.2, 0) is 4.79 Å². The Kier molecular flexibility index (Phi) is 2.32. The summed E-state index contributed by atoms with van der Waals surface area (Å²) in [6.07, 6.45) is 1.68. The maximum atomic E-state index is 11.3. The summed E-state index contributed by atoms with van der Waals surface area (Å²) in [5.41, 5.74) is 5.94. The molecule has 1 aromatic rings. The van der Waals surface area contributed by atoms with Crippen molar-refractivity contribution in [3.05, 3.63) is 11.8 Å². The van der Waals surface area contributed by atoms with Crippen LogP contribution in [0.2, 0.25) is 0 Å². The molecule has 1 unspecified atom stereocenters. The lowest BCUT2D eigenvalue weighted by atomic mass is 10.2. The SMILES string of the molecule is CC1CC(=O)NC(n2ncc(C#N)c2N)=N1. The van der Waals surface area contributed by atoms with Crippen LogP contribution in [0.15, 0.2) is 11.2 Å². The van der Waals surface area contributed by atoms with Gasteiger partial charge in [-0.25, -0.2) is 4.99 Å². The number of rotatable bonds is 0. The molecule has 0 fully saturated rings. The number of nitrogens with zero attached hydrogens (tertiary/aromatic N) is 4. The topological polar surface area (TPSA) is 109 Å². The Morgan fingerprint density at radius 3 is 3.06 bits per heavy atom. The minimum atomic E-state index is -0.133. The number of amides is 1. The highest BCUT2D eigenvalue weighted by Gasteiger charge is 2.21. The molecule has 7 nitrogen and oxygen atoms in total. The zero-order valence-corrected chi connectivity index (χ0v) is 8.64. The summed E-state index contributed by atoms with van der Waals surface area (Å²) in [7, 11) is 0. The van der Waals surface area contributed by atoms with Crippen LogP contribution in [0.5, 0.6) is 0 Å². The van der Waals surface area contributed by atoms with E-state index in [9.17, 15) is 4.79 Å². The third-order valence-electron chi connectivity index (χ3n) is 2.20. The van der Waals surface area contributed by atoms with Crippen LogP contribution in [0.3, 0.4) is 0 Å². The Labute approximate surface area is 91.6 Å². The fraction of sp³-hybridized carbons (Fsp3) is 0.333. The van der Waals surface area contributed by atoms with Gasteiger partial charge in [-0.1, -0.05) is 0 Å². The van der Waals surface area contributed by atoms with Gasteiger partial charge in [-0.3, -0.25) is 10.1 Å². The molecule has 0 bridgehead atoms. The zero-order chi connectivity index (χ0) is 11.7. The first-order valence-electron chi connectivity index (χ1n) is 4.73. The largest absolute Gasteiger partial charge is 0.382 e. The summed E-state index contributed by atoms with van der Waals surface area (Å²) in [6.45, 7) is 1.82. The Bertz CT molecular complexity index is 509. The maximum Gasteiger partial charge on any atom is 0.228 e. The lowest BCUT2D eigenvalue weighted by molar-refractivity contribution is -0.120. The molecule has 1 amide bonds. The van der Waals surface area contributed by atoms with Crippen molar-refractivity contribution >= 4 is 17.7 Å². The second kappa shape index (κ2) is 3.66. The van der Waals surface area contributed by atoms with E-state index in [-0.39, 0.29) is 29.3 Å². The van der Waals surface area contributed by atoms with Crippen LogP contribution in [0.25, 0.3) is 0 Å². The fourth-order valence-corrected chi connectivity index (χ4v) is 1.45. The van der Waals surface area contributed by atoms with Gasteiger partial charge in [-0.15, -0.1) is 0 Å². The average molecular weight is 218 g/mol. The highest BCUT2D eigenvalue weighted by Crippen LogP contribution is 2.11. The van der Waals surface area contributed by atoms with Crippen molar-refractivity contribution in [2.75, 3.05) is 5.73 Å². The van der Waals surface area contributed by atoms with E-state index in [4.69, 9.17) is 11.0 Å². The average Bonchev–Trinajstić information content (AvgIpc) is 2.58. The van der Waals surface area contributed by atoms with Crippen LogP contribution in [0, 0.1) is 11.3 Å². The molecule has 3 N–H and O–H groups in total. The van der Waals surface area contributed by atoms with E-state index >= 15 is 0 Å². The second-order valence-electron chi connectivity index (χ2n) is 3.52. The number of hydrogen-bond acceptors (Lipinski definition) is 5. The van der Waals surface area contributed by atoms with E-state index in [1.807, 2.05) is 13.0 Å². The number of hydrogen-bond donors (Lipinski definition) is 2. The third-order valence-corrected chi connectivity index (χ3v) is 2.20. The monoisotopic (exact) mass is 218 g/mol.